The molecule has 2 aromatic carbocycles. The number of hydrogen-bond acceptors (Lipinski definition) is 4. The maximum Gasteiger partial charge on any atom is 0.274 e. The molecule has 0 atom stereocenters. The van der Waals surface area contributed by atoms with E-state index in [1.165, 1.54) is 17.4 Å². The van der Waals surface area contributed by atoms with Gasteiger partial charge in [0.2, 0.25) is 0 Å². The molecule has 26 heavy (non-hydrogen) atoms. The molecule has 1 fully saturated rings. The third-order valence-corrected chi connectivity index (χ3v) is 5.88. The summed E-state index contributed by atoms with van der Waals surface area (Å²) in [6.07, 6.45) is 1.47. The highest BCUT2D eigenvalue weighted by Crippen LogP contribution is 2.31. The number of halogens is 2. The van der Waals surface area contributed by atoms with Crippen molar-refractivity contribution in [1.82, 2.24) is 9.88 Å². The molecular weight excluding hydrogens is 419 g/mol. The Balaban J connectivity index is 1.37. The first kappa shape index (κ1) is 17.4. The Kier molecular flexibility index (Phi) is 4.91. The second-order valence-corrected chi connectivity index (χ2v) is 8.09. The lowest BCUT2D eigenvalue weighted by Gasteiger charge is -2.31. The molecule has 3 aromatic rings. The van der Waals surface area contributed by atoms with Crippen LogP contribution in [-0.4, -0.2) is 35.0 Å². The van der Waals surface area contributed by atoms with Crippen LogP contribution in [0.25, 0.3) is 10.2 Å². The molecule has 2 heterocycles. The summed E-state index contributed by atoms with van der Waals surface area (Å²) in [5.74, 6) is -0.290. The van der Waals surface area contributed by atoms with E-state index in [0.29, 0.717) is 29.4 Å². The van der Waals surface area contributed by atoms with Crippen LogP contribution in [0.5, 0.6) is 5.19 Å². The number of hydrogen-bond donors (Lipinski definition) is 0. The quantitative estimate of drug-likeness (QED) is 0.589. The van der Waals surface area contributed by atoms with Crippen molar-refractivity contribution < 1.29 is 13.9 Å². The number of para-hydroxylation sites is 1. The van der Waals surface area contributed by atoms with Gasteiger partial charge in [0.05, 0.1) is 4.70 Å². The van der Waals surface area contributed by atoms with Gasteiger partial charge >= 0.3 is 0 Å². The zero-order valence-corrected chi connectivity index (χ0v) is 16.2. The molecule has 0 radical (unpaired) electrons. The molecule has 0 aliphatic carbocycles. The Morgan fingerprint density at radius 2 is 1.92 bits per heavy atom. The van der Waals surface area contributed by atoms with Gasteiger partial charge < -0.3 is 9.64 Å². The van der Waals surface area contributed by atoms with E-state index in [0.717, 1.165) is 22.0 Å². The number of benzene rings is 2. The third-order valence-electron chi connectivity index (χ3n) is 4.44. The average Bonchev–Trinajstić information content (AvgIpc) is 3.06. The molecule has 0 saturated carbocycles. The van der Waals surface area contributed by atoms with Crippen LogP contribution in [0.2, 0.25) is 0 Å². The highest BCUT2D eigenvalue weighted by molar-refractivity contribution is 9.10. The summed E-state index contributed by atoms with van der Waals surface area (Å²) in [5.41, 5.74) is 1.05. The molecule has 0 spiro atoms. The number of aromatic nitrogens is 1. The van der Waals surface area contributed by atoms with Crippen LogP contribution in [0.4, 0.5) is 4.39 Å². The van der Waals surface area contributed by atoms with E-state index in [1.54, 1.807) is 6.07 Å². The van der Waals surface area contributed by atoms with Gasteiger partial charge in [-0.3, -0.25) is 4.79 Å². The lowest BCUT2D eigenvalue weighted by atomic mass is 10.1. The summed E-state index contributed by atoms with van der Waals surface area (Å²) in [7, 11) is 0. The largest absolute Gasteiger partial charge is 0.467 e. The van der Waals surface area contributed by atoms with Crippen molar-refractivity contribution in [3.05, 3.63) is 58.3 Å². The Bertz CT molecular complexity index is 936. The lowest BCUT2D eigenvalue weighted by molar-refractivity contribution is 0.0595. The fraction of sp³-hybridized carbons (Fsp3) is 0.263. The number of thiazole rings is 1. The van der Waals surface area contributed by atoms with E-state index in [2.05, 4.69) is 20.9 Å². The van der Waals surface area contributed by atoms with Gasteiger partial charge in [-0.15, -0.1) is 0 Å². The van der Waals surface area contributed by atoms with Crippen molar-refractivity contribution in [3.63, 3.8) is 0 Å². The van der Waals surface area contributed by atoms with Crippen LogP contribution < -0.4 is 4.74 Å². The van der Waals surface area contributed by atoms with Crippen molar-refractivity contribution in [2.45, 2.75) is 18.9 Å². The third kappa shape index (κ3) is 3.59. The zero-order valence-electron chi connectivity index (χ0n) is 13.8. The zero-order chi connectivity index (χ0) is 18.1. The van der Waals surface area contributed by atoms with Crippen LogP contribution in [0.15, 0.2) is 46.9 Å². The fourth-order valence-corrected chi connectivity index (χ4v) is 4.20. The minimum atomic E-state index is -0.330. The summed E-state index contributed by atoms with van der Waals surface area (Å²) < 4.78 is 21.4. The van der Waals surface area contributed by atoms with E-state index < -0.39 is 0 Å². The normalized spacial score (nSPS) is 15.4. The van der Waals surface area contributed by atoms with Crippen molar-refractivity contribution in [2.75, 3.05) is 13.1 Å². The number of carbonyl (C=O) groups excluding carboxylic acids is 1. The Hall–Kier alpha value is -1.99. The fourth-order valence-electron chi connectivity index (χ4n) is 3.04. The smallest absolute Gasteiger partial charge is 0.274 e. The van der Waals surface area contributed by atoms with Crippen LogP contribution in [-0.2, 0) is 0 Å². The topological polar surface area (TPSA) is 42.4 Å². The van der Waals surface area contributed by atoms with Crippen molar-refractivity contribution in [1.29, 1.82) is 0 Å². The Morgan fingerprint density at radius 3 is 2.62 bits per heavy atom. The number of nitrogens with zero attached hydrogens (tertiary/aromatic N) is 2. The SMILES string of the molecule is O=C(c1ccc(Br)cc1)N1CCC(Oc2nc3c(F)cccc3s2)CC1. The Labute approximate surface area is 162 Å². The number of carbonyl (C=O) groups is 1. The first-order valence-electron chi connectivity index (χ1n) is 8.37. The van der Waals surface area contributed by atoms with E-state index >= 15 is 0 Å². The van der Waals surface area contributed by atoms with Gasteiger partial charge in [-0.2, -0.15) is 4.98 Å². The number of fused-ring (bicyclic) bond motifs is 1. The molecule has 0 bridgehead atoms. The van der Waals surface area contributed by atoms with Gasteiger partial charge in [0.1, 0.15) is 17.4 Å². The molecule has 1 saturated heterocycles. The molecule has 1 aliphatic heterocycles. The highest BCUT2D eigenvalue weighted by atomic mass is 79.9. The Morgan fingerprint density at radius 1 is 1.19 bits per heavy atom. The molecule has 1 amide bonds. The van der Waals surface area contributed by atoms with Crippen LogP contribution >= 0.6 is 27.3 Å². The second kappa shape index (κ2) is 7.32. The van der Waals surface area contributed by atoms with E-state index in [9.17, 15) is 9.18 Å². The molecule has 1 aliphatic rings. The molecule has 4 rings (SSSR count). The molecule has 4 nitrogen and oxygen atoms in total. The monoisotopic (exact) mass is 434 g/mol. The lowest BCUT2D eigenvalue weighted by Crippen LogP contribution is -2.41. The second-order valence-electron chi connectivity index (χ2n) is 6.18. The van der Waals surface area contributed by atoms with Crippen LogP contribution in [0.1, 0.15) is 23.2 Å². The van der Waals surface area contributed by atoms with E-state index in [1.807, 2.05) is 35.2 Å². The minimum Gasteiger partial charge on any atom is -0.467 e. The maximum absolute atomic E-state index is 13.7. The first-order valence-corrected chi connectivity index (χ1v) is 9.97. The van der Waals surface area contributed by atoms with Gasteiger partial charge in [0, 0.05) is 36.0 Å². The number of piperidine rings is 1. The van der Waals surface area contributed by atoms with Crippen LogP contribution in [0, 0.1) is 5.82 Å². The average molecular weight is 435 g/mol. The summed E-state index contributed by atoms with van der Waals surface area (Å²) in [6.45, 7) is 1.28. The predicted molar refractivity (Wildman–Crippen MR) is 103 cm³/mol. The predicted octanol–water partition coefficient (Wildman–Crippen LogP) is 4.88. The molecule has 1 aromatic heterocycles. The molecule has 134 valence electrons. The standard InChI is InChI=1S/C19H16BrFN2O2S/c20-13-6-4-12(5-7-13)18(24)23-10-8-14(9-11-23)25-19-22-17-15(21)2-1-3-16(17)26-19/h1-7,14H,8-11H2. The molecule has 7 heteroatoms. The van der Waals surface area contributed by atoms with Gasteiger partial charge in [-0.05, 0) is 36.4 Å². The maximum atomic E-state index is 13.7. The van der Waals surface area contributed by atoms with Gasteiger partial charge in [-0.25, -0.2) is 4.39 Å². The number of amides is 1. The first-order chi connectivity index (χ1) is 12.6. The van der Waals surface area contributed by atoms with E-state index in [-0.39, 0.29) is 17.8 Å². The number of likely N-dealkylation sites (tertiary alicyclic amines) is 1. The molecular formula is C19H16BrFN2O2S. The summed E-state index contributed by atoms with van der Waals surface area (Å²) in [5, 5.41) is 0.489. The minimum absolute atomic E-state index is 0.00686. The highest BCUT2D eigenvalue weighted by Gasteiger charge is 2.25. The van der Waals surface area contributed by atoms with E-state index in [4.69, 9.17) is 4.74 Å². The van der Waals surface area contributed by atoms with Crippen molar-refractivity contribution >= 4 is 43.4 Å². The van der Waals surface area contributed by atoms with Crippen molar-refractivity contribution in [2.24, 2.45) is 0 Å². The number of rotatable bonds is 3. The van der Waals surface area contributed by atoms with Crippen LogP contribution in [0.3, 0.4) is 0 Å². The summed E-state index contributed by atoms with van der Waals surface area (Å²) in [6, 6.07) is 12.3. The van der Waals surface area contributed by atoms with Crippen molar-refractivity contribution in [3.8, 4) is 5.19 Å². The summed E-state index contributed by atoms with van der Waals surface area (Å²) >= 11 is 4.73. The molecule has 0 N–H and O–H groups in total. The van der Waals surface area contributed by atoms with Gasteiger partial charge in [0.25, 0.3) is 11.1 Å². The number of ether oxygens (including phenoxy) is 1. The summed E-state index contributed by atoms with van der Waals surface area (Å²) in [4.78, 5) is 18.6. The van der Waals surface area contributed by atoms with Gasteiger partial charge in [0.15, 0.2) is 0 Å². The molecule has 0 unspecified atom stereocenters. The van der Waals surface area contributed by atoms with Gasteiger partial charge in [-0.1, -0.05) is 33.3 Å².